The topological polar surface area (TPSA) is 0 Å². The van der Waals surface area contributed by atoms with E-state index in [9.17, 15) is 0 Å². The average molecular weight is 446 g/mol. The monoisotopic (exact) mass is 444 g/mol. The fourth-order valence-electron chi connectivity index (χ4n) is 4.91. The van der Waals surface area contributed by atoms with E-state index >= 15 is 0 Å². The van der Waals surface area contributed by atoms with Gasteiger partial charge in [-0.2, -0.15) is 0 Å². The predicted octanol–water partition coefficient (Wildman–Crippen LogP) is 9.16. The summed E-state index contributed by atoms with van der Waals surface area (Å²) < 4.78 is 6.91. The zero-order valence-electron chi connectivity index (χ0n) is 18.1. The van der Waals surface area contributed by atoms with Crippen LogP contribution in [0, 0.1) is 0 Å². The van der Waals surface area contributed by atoms with Gasteiger partial charge in [0, 0.05) is 0 Å². The van der Waals surface area contributed by atoms with Gasteiger partial charge in [0.15, 0.2) is 0 Å². The summed E-state index contributed by atoms with van der Waals surface area (Å²) in [6, 6.07) is 0. The van der Waals surface area contributed by atoms with Crippen molar-refractivity contribution >= 4 is 0 Å². The summed E-state index contributed by atoms with van der Waals surface area (Å²) in [5, 5.41) is 0. The van der Waals surface area contributed by atoms with Crippen molar-refractivity contribution in [3.8, 4) is 0 Å². The molecule has 0 atom stereocenters. The van der Waals surface area contributed by atoms with Crippen molar-refractivity contribution in [2.75, 3.05) is 0 Å². The Morgan fingerprint density at radius 3 is 2.30 bits per heavy atom. The number of hydrogen-bond acceptors (Lipinski definition) is 0. The Labute approximate surface area is 174 Å². The van der Waals surface area contributed by atoms with Crippen LogP contribution >= 0.6 is 0 Å². The fraction of sp³-hybridized carbons (Fsp3) is 0.615. The first-order valence-electron chi connectivity index (χ1n) is 11.6. The van der Waals surface area contributed by atoms with Crippen molar-refractivity contribution in [1.82, 2.24) is 0 Å². The van der Waals surface area contributed by atoms with Crippen molar-refractivity contribution in [3.05, 3.63) is 55.2 Å². The normalized spacial score (nSPS) is 16.4. The zero-order valence-corrected chi connectivity index (χ0v) is 20.5. The molecule has 150 valence electrons. The van der Waals surface area contributed by atoms with E-state index in [0.29, 0.717) is 0 Å². The third-order valence-electron chi connectivity index (χ3n) is 6.48. The van der Waals surface area contributed by atoms with Gasteiger partial charge in [-0.25, -0.2) is 0 Å². The number of hydrogen-bond donors (Lipinski definition) is 0. The predicted molar refractivity (Wildman–Crippen MR) is 120 cm³/mol. The summed E-state index contributed by atoms with van der Waals surface area (Å²) in [5.74, 6) is 0. The van der Waals surface area contributed by atoms with Gasteiger partial charge in [-0.1, -0.05) is 0 Å². The summed E-state index contributed by atoms with van der Waals surface area (Å²) in [5.41, 5.74) is 1.84. The average Bonchev–Trinajstić information content (AvgIpc) is 3.38. The molecule has 2 aliphatic carbocycles. The SMILES string of the molecule is C=CCCCCCCC1=[C]([Zr]([CH2]CCC)([CH2]CCC)[C]2=CC=CC2)C=CC1. The van der Waals surface area contributed by atoms with Crippen LogP contribution < -0.4 is 0 Å². The van der Waals surface area contributed by atoms with Crippen LogP contribution in [-0.4, -0.2) is 0 Å². The zero-order chi connectivity index (χ0) is 19.4. The Hall–Kier alpha value is -0.417. The van der Waals surface area contributed by atoms with Gasteiger partial charge in [0.1, 0.15) is 0 Å². The van der Waals surface area contributed by atoms with Crippen LogP contribution in [0.25, 0.3) is 0 Å². The Bertz CT molecular complexity index is 565. The molecule has 0 aromatic heterocycles. The van der Waals surface area contributed by atoms with Crippen molar-refractivity contribution in [1.29, 1.82) is 0 Å². The Balaban J connectivity index is 2.16. The summed E-state index contributed by atoms with van der Waals surface area (Å²) in [7, 11) is 0. The third-order valence-corrected chi connectivity index (χ3v) is 20.2. The van der Waals surface area contributed by atoms with Crippen molar-refractivity contribution < 1.29 is 20.3 Å². The first-order chi connectivity index (χ1) is 13.3. The van der Waals surface area contributed by atoms with Crippen LogP contribution in [0.4, 0.5) is 0 Å². The van der Waals surface area contributed by atoms with Crippen LogP contribution in [0.3, 0.4) is 0 Å². The Kier molecular flexibility index (Phi) is 10.9. The molecule has 0 radical (unpaired) electrons. The van der Waals surface area contributed by atoms with Crippen LogP contribution in [0.5, 0.6) is 0 Å². The molecule has 0 heterocycles. The Morgan fingerprint density at radius 2 is 1.67 bits per heavy atom. The molecule has 1 heteroatoms. The van der Waals surface area contributed by atoms with Crippen molar-refractivity contribution in [2.45, 2.75) is 99.2 Å². The van der Waals surface area contributed by atoms with E-state index < -0.39 is 20.3 Å². The summed E-state index contributed by atoms with van der Waals surface area (Å²) in [4.78, 5) is 0. The second-order valence-corrected chi connectivity index (χ2v) is 19.2. The van der Waals surface area contributed by atoms with E-state index in [1.54, 1.807) is 8.26 Å². The fourth-order valence-corrected chi connectivity index (χ4v) is 19.5. The maximum atomic E-state index is 3.85. The van der Waals surface area contributed by atoms with Gasteiger partial charge in [-0.15, -0.1) is 0 Å². The molecule has 0 fully saturated rings. The van der Waals surface area contributed by atoms with E-state index in [1.165, 1.54) is 77.0 Å². The second kappa shape index (κ2) is 12.9. The number of allylic oxidation sites excluding steroid dienone is 9. The van der Waals surface area contributed by atoms with Crippen LogP contribution in [0.2, 0.25) is 8.26 Å². The molecule has 0 saturated carbocycles. The molecule has 2 aliphatic rings. The van der Waals surface area contributed by atoms with Gasteiger partial charge in [0.25, 0.3) is 0 Å². The van der Waals surface area contributed by atoms with E-state index in [-0.39, 0.29) is 0 Å². The molecular weight excluding hydrogens is 404 g/mol. The molecule has 0 N–H and O–H groups in total. The maximum absolute atomic E-state index is 3.85. The van der Waals surface area contributed by atoms with Gasteiger partial charge >= 0.3 is 175 Å². The molecule has 0 amide bonds. The summed E-state index contributed by atoms with van der Waals surface area (Å²) in [6.45, 7) is 8.60. The molecule has 0 unspecified atom stereocenters. The van der Waals surface area contributed by atoms with Crippen LogP contribution in [0.1, 0.15) is 90.9 Å². The van der Waals surface area contributed by atoms with E-state index in [0.717, 1.165) is 0 Å². The first-order valence-corrected chi connectivity index (χ1v) is 17.6. The van der Waals surface area contributed by atoms with E-state index in [1.807, 2.05) is 12.1 Å². The molecule has 0 aromatic rings. The van der Waals surface area contributed by atoms with Gasteiger partial charge in [-0.05, 0) is 0 Å². The first kappa shape index (κ1) is 22.9. The van der Waals surface area contributed by atoms with Gasteiger partial charge in [-0.3, -0.25) is 0 Å². The minimum atomic E-state index is -2.48. The molecule has 0 saturated heterocycles. The molecular formula is C26H42Zr. The van der Waals surface area contributed by atoms with E-state index in [4.69, 9.17) is 0 Å². The standard InChI is InChI=1S/C13H19.C5H5.2C4H9.Zr/c1-2-3-4-5-6-7-10-13-11-8-9-12-13;1-2-4-5-3-1;2*1-3-4-2;/h2,8-9H,1,3-7,10-11H2;1-3H,4H2;2*1,3-4H2,2H3;. The summed E-state index contributed by atoms with van der Waals surface area (Å²) >= 11 is -2.48. The second-order valence-electron chi connectivity index (χ2n) is 8.48. The quantitative estimate of drug-likeness (QED) is 0.174. The molecule has 0 aliphatic heterocycles. The summed E-state index contributed by atoms with van der Waals surface area (Å²) in [6.07, 6.45) is 30.5. The number of unbranched alkanes of at least 4 members (excludes halogenated alkanes) is 6. The molecule has 0 aromatic carbocycles. The molecule has 0 nitrogen and oxygen atoms in total. The molecule has 0 bridgehead atoms. The van der Waals surface area contributed by atoms with Crippen LogP contribution in [0.15, 0.2) is 55.2 Å². The number of rotatable bonds is 15. The van der Waals surface area contributed by atoms with Gasteiger partial charge in [0.05, 0.1) is 0 Å². The minimum absolute atomic E-state index is 1.18. The Morgan fingerprint density at radius 1 is 0.926 bits per heavy atom. The third kappa shape index (κ3) is 6.56. The molecule has 2 rings (SSSR count). The molecule has 27 heavy (non-hydrogen) atoms. The van der Waals surface area contributed by atoms with Crippen molar-refractivity contribution in [3.63, 3.8) is 0 Å². The van der Waals surface area contributed by atoms with E-state index in [2.05, 4.69) is 56.9 Å². The van der Waals surface area contributed by atoms with Gasteiger partial charge < -0.3 is 0 Å². The van der Waals surface area contributed by atoms with Crippen molar-refractivity contribution in [2.24, 2.45) is 0 Å². The van der Waals surface area contributed by atoms with Crippen LogP contribution in [-0.2, 0) is 20.3 Å². The van der Waals surface area contributed by atoms with Gasteiger partial charge in [0.2, 0.25) is 0 Å². The molecule has 0 spiro atoms.